The predicted octanol–water partition coefficient (Wildman–Crippen LogP) is 1.78. The van der Waals surface area contributed by atoms with Gasteiger partial charge in [0.2, 0.25) is 0 Å². The van der Waals surface area contributed by atoms with Gasteiger partial charge in [0, 0.05) is 12.5 Å². The topological polar surface area (TPSA) is 12.0 Å². The van der Waals surface area contributed by atoms with E-state index in [4.69, 9.17) is 0 Å². The first kappa shape index (κ1) is 7.92. The molecule has 10 heavy (non-hydrogen) atoms. The Morgan fingerprint density at radius 3 is 2.20 bits per heavy atom. The second-order valence-electron chi connectivity index (χ2n) is 3.17. The van der Waals surface area contributed by atoms with Gasteiger partial charge >= 0.3 is 0 Å². The van der Waals surface area contributed by atoms with Gasteiger partial charge in [0.15, 0.2) is 0 Å². The average Bonchev–Trinajstić information content (AvgIpc) is 1.81. The van der Waals surface area contributed by atoms with E-state index in [1.807, 2.05) is 13.8 Å². The predicted molar refractivity (Wildman–Crippen MR) is 36.2 cm³/mol. The monoisotopic (exact) mass is 149 g/mol. The van der Waals surface area contributed by atoms with Crippen molar-refractivity contribution >= 4 is 0 Å². The molecule has 0 radical (unpaired) electrons. The second kappa shape index (κ2) is 2.46. The molecule has 0 unspecified atom stereocenters. The second-order valence-corrected chi connectivity index (χ2v) is 3.17. The highest BCUT2D eigenvalue weighted by atomic mass is 19.3. The first-order valence-corrected chi connectivity index (χ1v) is 3.66. The molecule has 0 aromatic carbocycles. The molecule has 0 aromatic heterocycles. The summed E-state index contributed by atoms with van der Waals surface area (Å²) in [6, 6.07) is -0.399. The van der Waals surface area contributed by atoms with Crippen molar-refractivity contribution in [2.24, 2.45) is 0 Å². The summed E-state index contributed by atoms with van der Waals surface area (Å²) >= 11 is 0. The van der Waals surface area contributed by atoms with E-state index >= 15 is 0 Å². The maximum absolute atomic E-state index is 12.5. The zero-order valence-electron chi connectivity index (χ0n) is 6.32. The summed E-state index contributed by atoms with van der Waals surface area (Å²) in [4.78, 5) is 0. The molecular weight excluding hydrogens is 136 g/mol. The zero-order chi connectivity index (χ0) is 7.78. The summed E-state index contributed by atoms with van der Waals surface area (Å²) in [5.74, 6) is -2.44. The molecule has 1 aliphatic rings. The van der Waals surface area contributed by atoms with Crippen molar-refractivity contribution in [3.05, 3.63) is 0 Å². The maximum atomic E-state index is 12.5. The molecule has 1 atom stereocenters. The smallest absolute Gasteiger partial charge is 0.263 e. The van der Waals surface area contributed by atoms with Crippen molar-refractivity contribution < 1.29 is 8.78 Å². The van der Waals surface area contributed by atoms with Crippen LogP contribution in [-0.4, -0.2) is 18.0 Å². The minimum absolute atomic E-state index is 0.0530. The summed E-state index contributed by atoms with van der Waals surface area (Å²) in [6.45, 7) is 3.77. The fourth-order valence-electron chi connectivity index (χ4n) is 1.11. The van der Waals surface area contributed by atoms with Crippen LogP contribution in [-0.2, 0) is 0 Å². The number of hydrogen-bond donors (Lipinski definition) is 1. The first-order valence-electron chi connectivity index (χ1n) is 3.66. The van der Waals surface area contributed by atoms with Crippen molar-refractivity contribution in [3.63, 3.8) is 0 Å². The number of halogens is 2. The highest BCUT2D eigenvalue weighted by molar-refractivity contribution is 4.94. The van der Waals surface area contributed by atoms with Gasteiger partial charge in [-0.2, -0.15) is 0 Å². The molecule has 1 rings (SSSR count). The van der Waals surface area contributed by atoms with Crippen LogP contribution in [0.25, 0.3) is 0 Å². The van der Waals surface area contributed by atoms with E-state index in [1.54, 1.807) is 0 Å². The Morgan fingerprint density at radius 2 is 2.10 bits per heavy atom. The number of nitrogens with one attached hydrogen (secondary N) is 1. The molecule has 1 saturated carbocycles. The molecule has 1 N–H and O–H groups in total. The van der Waals surface area contributed by atoms with Crippen molar-refractivity contribution in [2.75, 3.05) is 0 Å². The molecule has 3 heteroatoms. The van der Waals surface area contributed by atoms with Crippen LogP contribution in [0.2, 0.25) is 0 Å². The Morgan fingerprint density at radius 1 is 1.50 bits per heavy atom. The minimum Gasteiger partial charge on any atom is -0.306 e. The Bertz CT molecular complexity index is 123. The molecule has 0 heterocycles. The van der Waals surface area contributed by atoms with Gasteiger partial charge in [0.05, 0.1) is 6.04 Å². The van der Waals surface area contributed by atoms with Gasteiger partial charge in [-0.05, 0) is 6.42 Å². The summed E-state index contributed by atoms with van der Waals surface area (Å²) < 4.78 is 25.0. The molecule has 0 aliphatic heterocycles. The third kappa shape index (κ3) is 1.45. The molecule has 1 aliphatic carbocycles. The van der Waals surface area contributed by atoms with Crippen LogP contribution in [0.15, 0.2) is 0 Å². The third-order valence-electron chi connectivity index (χ3n) is 1.81. The van der Waals surface area contributed by atoms with Crippen LogP contribution in [0.3, 0.4) is 0 Å². The Balaban J connectivity index is 2.30. The lowest BCUT2D eigenvalue weighted by Gasteiger charge is -2.38. The number of alkyl halides is 2. The molecule has 0 amide bonds. The van der Waals surface area contributed by atoms with E-state index in [1.165, 1.54) is 0 Å². The first-order chi connectivity index (χ1) is 4.52. The highest BCUT2D eigenvalue weighted by Gasteiger charge is 2.48. The molecule has 0 spiro atoms. The largest absolute Gasteiger partial charge is 0.306 e. The van der Waals surface area contributed by atoms with E-state index < -0.39 is 12.0 Å². The van der Waals surface area contributed by atoms with Crippen molar-refractivity contribution in [2.45, 2.75) is 44.7 Å². The van der Waals surface area contributed by atoms with Crippen LogP contribution in [0.5, 0.6) is 0 Å². The summed E-state index contributed by atoms with van der Waals surface area (Å²) in [5, 5.41) is 2.82. The molecule has 1 fully saturated rings. The van der Waals surface area contributed by atoms with Crippen LogP contribution >= 0.6 is 0 Å². The van der Waals surface area contributed by atoms with Crippen LogP contribution in [0.4, 0.5) is 8.78 Å². The van der Waals surface area contributed by atoms with E-state index in [0.717, 1.165) is 0 Å². The number of rotatable bonds is 2. The molecule has 0 bridgehead atoms. The van der Waals surface area contributed by atoms with Gasteiger partial charge in [0.25, 0.3) is 5.92 Å². The SMILES string of the molecule is CC(C)N[C@H]1CCC1(F)F. The normalized spacial score (nSPS) is 30.3. The zero-order valence-corrected chi connectivity index (χ0v) is 6.32. The van der Waals surface area contributed by atoms with Gasteiger partial charge in [-0.3, -0.25) is 0 Å². The van der Waals surface area contributed by atoms with Gasteiger partial charge in [-0.15, -0.1) is 0 Å². The highest BCUT2D eigenvalue weighted by Crippen LogP contribution is 2.37. The quantitative estimate of drug-likeness (QED) is 0.631. The standard InChI is InChI=1S/C7H13F2N/c1-5(2)10-6-3-4-7(6,8)9/h5-6,10H,3-4H2,1-2H3/t6-/m0/s1. The van der Waals surface area contributed by atoms with E-state index in [-0.39, 0.29) is 12.5 Å². The van der Waals surface area contributed by atoms with Gasteiger partial charge in [-0.25, -0.2) is 8.78 Å². The van der Waals surface area contributed by atoms with Crippen molar-refractivity contribution in [1.82, 2.24) is 5.32 Å². The molecule has 0 saturated heterocycles. The Hall–Kier alpha value is -0.180. The lowest BCUT2D eigenvalue weighted by Crippen LogP contribution is -2.55. The fourth-order valence-corrected chi connectivity index (χ4v) is 1.11. The van der Waals surface area contributed by atoms with Gasteiger partial charge < -0.3 is 5.32 Å². The maximum Gasteiger partial charge on any atom is 0.263 e. The van der Waals surface area contributed by atoms with Crippen molar-refractivity contribution in [3.8, 4) is 0 Å². The van der Waals surface area contributed by atoms with Crippen molar-refractivity contribution in [1.29, 1.82) is 0 Å². The fraction of sp³-hybridized carbons (Fsp3) is 1.00. The third-order valence-corrected chi connectivity index (χ3v) is 1.81. The van der Waals surface area contributed by atoms with Crippen LogP contribution < -0.4 is 5.32 Å². The van der Waals surface area contributed by atoms with E-state index in [2.05, 4.69) is 5.32 Å². The summed E-state index contributed by atoms with van der Waals surface area (Å²) in [5.41, 5.74) is 0. The molecule has 60 valence electrons. The molecule has 1 nitrogen and oxygen atoms in total. The molecular formula is C7H13F2N. The summed E-state index contributed by atoms with van der Waals surface area (Å²) in [7, 11) is 0. The average molecular weight is 149 g/mol. The van der Waals surface area contributed by atoms with Gasteiger partial charge in [-0.1, -0.05) is 13.8 Å². The van der Waals surface area contributed by atoms with Crippen LogP contribution in [0, 0.1) is 0 Å². The Kier molecular flexibility index (Phi) is 1.95. The lowest BCUT2D eigenvalue weighted by molar-refractivity contribution is -0.107. The van der Waals surface area contributed by atoms with E-state index in [9.17, 15) is 8.78 Å². The van der Waals surface area contributed by atoms with Crippen LogP contribution in [0.1, 0.15) is 26.7 Å². The molecule has 0 aromatic rings. The van der Waals surface area contributed by atoms with Gasteiger partial charge in [0.1, 0.15) is 0 Å². The van der Waals surface area contributed by atoms with E-state index in [0.29, 0.717) is 6.42 Å². The summed E-state index contributed by atoms with van der Waals surface area (Å²) in [6.07, 6.45) is 0.669. The minimum atomic E-state index is -2.44. The lowest BCUT2D eigenvalue weighted by atomic mass is 9.87. The Labute approximate surface area is 59.8 Å². The number of hydrogen-bond acceptors (Lipinski definition) is 1.